The lowest BCUT2D eigenvalue weighted by atomic mass is 9.73. The Labute approximate surface area is 150 Å². The van der Waals surface area contributed by atoms with Gasteiger partial charge in [0.15, 0.2) is 0 Å². The summed E-state index contributed by atoms with van der Waals surface area (Å²) in [4.78, 5) is 33.0. The van der Waals surface area contributed by atoms with Crippen LogP contribution < -0.4 is 0 Å². The van der Waals surface area contributed by atoms with Crippen LogP contribution in [0.25, 0.3) is 0 Å². The minimum atomic E-state index is 0.0910. The molecule has 0 aromatic carbocycles. The molecule has 25 heavy (non-hydrogen) atoms. The van der Waals surface area contributed by atoms with E-state index in [2.05, 4.69) is 18.8 Å². The van der Waals surface area contributed by atoms with Crippen LogP contribution in [0.4, 0.5) is 0 Å². The highest BCUT2D eigenvalue weighted by molar-refractivity contribution is 5.78. The van der Waals surface area contributed by atoms with Crippen molar-refractivity contribution in [3.8, 4) is 0 Å². The first-order valence-corrected chi connectivity index (χ1v) is 9.49. The maximum atomic E-state index is 12.6. The van der Waals surface area contributed by atoms with Crippen molar-refractivity contribution in [2.24, 2.45) is 11.3 Å². The molecular formula is C19H30N4O2. The zero-order valence-corrected chi connectivity index (χ0v) is 15.5. The Hall–Kier alpha value is -1.85. The van der Waals surface area contributed by atoms with E-state index in [1.807, 2.05) is 20.6 Å². The maximum absolute atomic E-state index is 12.6. The molecule has 0 unspecified atom stereocenters. The van der Waals surface area contributed by atoms with E-state index < -0.39 is 0 Å². The Kier molecular flexibility index (Phi) is 5.45. The third kappa shape index (κ3) is 4.41. The molecule has 1 spiro atoms. The number of nitrogens with zero attached hydrogens (tertiary/aromatic N) is 4. The van der Waals surface area contributed by atoms with E-state index in [0.29, 0.717) is 18.9 Å². The van der Waals surface area contributed by atoms with Gasteiger partial charge in [0.05, 0.1) is 6.33 Å². The highest BCUT2D eigenvalue weighted by atomic mass is 16.2. The first-order chi connectivity index (χ1) is 12.0. The van der Waals surface area contributed by atoms with Crippen LogP contribution in [0.15, 0.2) is 18.7 Å². The predicted octanol–water partition coefficient (Wildman–Crippen LogP) is 2.16. The molecule has 0 radical (unpaired) electrons. The van der Waals surface area contributed by atoms with E-state index in [0.717, 1.165) is 51.9 Å². The van der Waals surface area contributed by atoms with Gasteiger partial charge in [-0.3, -0.25) is 9.59 Å². The standard InChI is InChI=1S/C19H30N4O2/c1-16(2)5-10-23-14-19(7-4-17(23)24)6-3-9-22(13-19)18(25)12-21-11-8-20-15-21/h8,11,15-16H,3-7,9-10,12-14H2,1-2H3/t19-/m1/s1. The van der Waals surface area contributed by atoms with Crippen LogP contribution in [0.5, 0.6) is 0 Å². The third-order valence-electron chi connectivity index (χ3n) is 5.62. The molecule has 0 saturated carbocycles. The van der Waals surface area contributed by atoms with E-state index in [1.54, 1.807) is 12.5 Å². The molecule has 6 nitrogen and oxygen atoms in total. The number of rotatable bonds is 5. The van der Waals surface area contributed by atoms with Crippen LogP contribution in [0.1, 0.15) is 46.0 Å². The van der Waals surface area contributed by atoms with Crippen LogP contribution in [-0.4, -0.2) is 57.3 Å². The molecule has 138 valence electrons. The normalized spacial score (nSPS) is 24.4. The Balaban J connectivity index is 1.62. The maximum Gasteiger partial charge on any atom is 0.242 e. The summed E-state index contributed by atoms with van der Waals surface area (Å²) in [6.07, 6.45) is 9.94. The quantitative estimate of drug-likeness (QED) is 0.821. The van der Waals surface area contributed by atoms with Crippen molar-refractivity contribution in [1.82, 2.24) is 19.4 Å². The number of amides is 2. The summed E-state index contributed by atoms with van der Waals surface area (Å²) in [5.74, 6) is 1.04. The summed E-state index contributed by atoms with van der Waals surface area (Å²) in [5.41, 5.74) is 0.0910. The average Bonchev–Trinajstić information content (AvgIpc) is 3.09. The van der Waals surface area contributed by atoms with E-state index in [4.69, 9.17) is 0 Å². The zero-order valence-electron chi connectivity index (χ0n) is 15.5. The van der Waals surface area contributed by atoms with Gasteiger partial charge in [-0.25, -0.2) is 4.98 Å². The van der Waals surface area contributed by atoms with Crippen LogP contribution in [0, 0.1) is 11.3 Å². The molecule has 0 bridgehead atoms. The molecule has 0 aliphatic carbocycles. The molecule has 6 heteroatoms. The second kappa shape index (κ2) is 7.58. The molecule has 2 fully saturated rings. The van der Waals surface area contributed by atoms with Crippen LogP contribution in [-0.2, 0) is 16.1 Å². The minimum Gasteiger partial charge on any atom is -0.342 e. The monoisotopic (exact) mass is 346 g/mol. The van der Waals surface area contributed by atoms with E-state index in [9.17, 15) is 9.59 Å². The van der Waals surface area contributed by atoms with Gasteiger partial charge >= 0.3 is 0 Å². The number of carbonyl (C=O) groups excluding carboxylic acids is 2. The molecule has 0 N–H and O–H groups in total. The minimum absolute atomic E-state index is 0.0910. The SMILES string of the molecule is CC(C)CCN1C[C@]2(CCCN(C(=O)Cn3ccnc3)C2)CCC1=O. The fraction of sp³-hybridized carbons (Fsp3) is 0.737. The zero-order chi connectivity index (χ0) is 17.9. The number of carbonyl (C=O) groups is 2. The molecule has 1 atom stereocenters. The van der Waals surface area contributed by atoms with Crippen LogP contribution in [0.2, 0.25) is 0 Å². The molecule has 2 aliphatic rings. The number of hydrogen-bond acceptors (Lipinski definition) is 3. The second-order valence-corrected chi connectivity index (χ2v) is 8.15. The average molecular weight is 346 g/mol. The summed E-state index contributed by atoms with van der Waals surface area (Å²) in [6, 6.07) is 0. The number of likely N-dealkylation sites (tertiary alicyclic amines) is 2. The second-order valence-electron chi connectivity index (χ2n) is 8.15. The molecule has 1 aromatic rings. The molecular weight excluding hydrogens is 316 g/mol. The number of hydrogen-bond donors (Lipinski definition) is 0. The molecule has 1 aromatic heterocycles. The van der Waals surface area contributed by atoms with Crippen molar-refractivity contribution < 1.29 is 9.59 Å². The lowest BCUT2D eigenvalue weighted by Gasteiger charge is -2.48. The fourth-order valence-corrected chi connectivity index (χ4v) is 4.11. The van der Waals surface area contributed by atoms with E-state index >= 15 is 0 Å². The number of aromatic nitrogens is 2. The van der Waals surface area contributed by atoms with Gasteiger partial charge in [-0.15, -0.1) is 0 Å². The van der Waals surface area contributed by atoms with Gasteiger partial charge in [-0.05, 0) is 31.6 Å². The molecule has 2 aliphatic heterocycles. The molecule has 2 saturated heterocycles. The van der Waals surface area contributed by atoms with Crippen LogP contribution in [0.3, 0.4) is 0 Å². The Morgan fingerprint density at radius 1 is 1.32 bits per heavy atom. The van der Waals surface area contributed by atoms with E-state index in [1.165, 1.54) is 0 Å². The van der Waals surface area contributed by atoms with Gasteiger partial charge < -0.3 is 14.4 Å². The molecule has 3 heterocycles. The van der Waals surface area contributed by atoms with Crippen molar-refractivity contribution >= 4 is 11.8 Å². The van der Waals surface area contributed by atoms with Gasteiger partial charge in [0.1, 0.15) is 6.54 Å². The van der Waals surface area contributed by atoms with Crippen LogP contribution >= 0.6 is 0 Å². The van der Waals surface area contributed by atoms with Crippen molar-refractivity contribution in [3.63, 3.8) is 0 Å². The molecule has 3 rings (SSSR count). The Morgan fingerprint density at radius 3 is 2.88 bits per heavy atom. The van der Waals surface area contributed by atoms with Crippen molar-refractivity contribution in [2.75, 3.05) is 26.2 Å². The Bertz CT molecular complexity index is 599. The lowest BCUT2D eigenvalue weighted by molar-refractivity contribution is -0.143. The lowest BCUT2D eigenvalue weighted by Crippen LogP contribution is -2.55. The van der Waals surface area contributed by atoms with Gasteiger partial charge in [-0.2, -0.15) is 0 Å². The number of imidazole rings is 1. The highest BCUT2D eigenvalue weighted by Gasteiger charge is 2.42. The topological polar surface area (TPSA) is 58.4 Å². The summed E-state index contributed by atoms with van der Waals surface area (Å²) < 4.78 is 1.82. The van der Waals surface area contributed by atoms with Gasteiger partial charge in [0, 0.05) is 50.4 Å². The Morgan fingerprint density at radius 2 is 2.16 bits per heavy atom. The molecule has 2 amide bonds. The third-order valence-corrected chi connectivity index (χ3v) is 5.62. The first kappa shape index (κ1) is 18.0. The first-order valence-electron chi connectivity index (χ1n) is 9.49. The summed E-state index contributed by atoms with van der Waals surface area (Å²) in [7, 11) is 0. The summed E-state index contributed by atoms with van der Waals surface area (Å²) >= 11 is 0. The van der Waals surface area contributed by atoms with Crippen molar-refractivity contribution in [2.45, 2.75) is 52.5 Å². The fourth-order valence-electron chi connectivity index (χ4n) is 4.11. The van der Waals surface area contributed by atoms with Gasteiger partial charge in [0.2, 0.25) is 11.8 Å². The highest BCUT2D eigenvalue weighted by Crippen LogP contribution is 2.39. The summed E-state index contributed by atoms with van der Waals surface area (Å²) in [6.45, 7) is 8.02. The largest absolute Gasteiger partial charge is 0.342 e. The van der Waals surface area contributed by atoms with Crippen molar-refractivity contribution in [3.05, 3.63) is 18.7 Å². The predicted molar refractivity (Wildman–Crippen MR) is 95.7 cm³/mol. The van der Waals surface area contributed by atoms with Gasteiger partial charge in [0.25, 0.3) is 0 Å². The smallest absolute Gasteiger partial charge is 0.242 e. The number of piperidine rings is 2. The van der Waals surface area contributed by atoms with Crippen molar-refractivity contribution in [1.29, 1.82) is 0 Å². The van der Waals surface area contributed by atoms with E-state index in [-0.39, 0.29) is 17.2 Å². The summed E-state index contributed by atoms with van der Waals surface area (Å²) in [5, 5.41) is 0. The van der Waals surface area contributed by atoms with Gasteiger partial charge in [-0.1, -0.05) is 13.8 Å².